The summed E-state index contributed by atoms with van der Waals surface area (Å²) in [7, 11) is 0. The highest BCUT2D eigenvalue weighted by atomic mass is 15.1. The van der Waals surface area contributed by atoms with Gasteiger partial charge in [-0.25, -0.2) is 15.0 Å². The van der Waals surface area contributed by atoms with Gasteiger partial charge in [0.15, 0.2) is 0 Å². The highest BCUT2D eigenvalue weighted by Crippen LogP contribution is 2.22. The first-order valence-electron chi connectivity index (χ1n) is 6.24. The van der Waals surface area contributed by atoms with Gasteiger partial charge in [0.25, 0.3) is 0 Å². The quantitative estimate of drug-likeness (QED) is 0.899. The number of nitrogens with zero attached hydrogens (tertiary/aromatic N) is 4. The second-order valence-electron chi connectivity index (χ2n) is 4.53. The lowest BCUT2D eigenvalue weighted by Gasteiger charge is -2.14. The SMILES string of the molecule is CCNc1nc(C(C)C)nc(-n2ccnc2)c1C. The molecule has 18 heavy (non-hydrogen) atoms. The number of imidazole rings is 1. The molecule has 0 saturated carbocycles. The molecule has 0 unspecified atom stereocenters. The van der Waals surface area contributed by atoms with E-state index in [0.29, 0.717) is 5.92 Å². The van der Waals surface area contributed by atoms with Crippen molar-refractivity contribution in [2.75, 3.05) is 11.9 Å². The Morgan fingerprint density at radius 3 is 2.67 bits per heavy atom. The molecule has 0 amide bonds. The smallest absolute Gasteiger partial charge is 0.146 e. The van der Waals surface area contributed by atoms with Gasteiger partial charge in [-0.1, -0.05) is 13.8 Å². The Hall–Kier alpha value is -1.91. The van der Waals surface area contributed by atoms with E-state index in [9.17, 15) is 0 Å². The summed E-state index contributed by atoms with van der Waals surface area (Å²) in [5.41, 5.74) is 1.04. The van der Waals surface area contributed by atoms with E-state index in [1.54, 1.807) is 12.5 Å². The Balaban J connectivity index is 2.57. The fraction of sp³-hybridized carbons (Fsp3) is 0.462. The van der Waals surface area contributed by atoms with Crippen molar-refractivity contribution in [3.63, 3.8) is 0 Å². The first-order valence-corrected chi connectivity index (χ1v) is 6.24. The largest absolute Gasteiger partial charge is 0.370 e. The number of nitrogens with one attached hydrogen (secondary N) is 1. The highest BCUT2D eigenvalue weighted by Gasteiger charge is 2.13. The zero-order chi connectivity index (χ0) is 13.1. The minimum absolute atomic E-state index is 0.297. The molecule has 96 valence electrons. The van der Waals surface area contributed by atoms with Crippen LogP contribution in [-0.4, -0.2) is 26.1 Å². The van der Waals surface area contributed by atoms with Crippen LogP contribution in [0.1, 0.15) is 38.1 Å². The minimum Gasteiger partial charge on any atom is -0.370 e. The Morgan fingerprint density at radius 1 is 1.33 bits per heavy atom. The van der Waals surface area contributed by atoms with Crippen LogP contribution in [-0.2, 0) is 0 Å². The second kappa shape index (κ2) is 5.16. The molecule has 1 N–H and O–H groups in total. The first kappa shape index (κ1) is 12.5. The molecule has 0 aromatic carbocycles. The minimum atomic E-state index is 0.297. The van der Waals surface area contributed by atoms with E-state index in [4.69, 9.17) is 0 Å². The van der Waals surface area contributed by atoms with Gasteiger partial charge in [0.05, 0.1) is 0 Å². The highest BCUT2D eigenvalue weighted by molar-refractivity contribution is 5.51. The van der Waals surface area contributed by atoms with Gasteiger partial charge in [0, 0.05) is 30.4 Å². The molecule has 2 aromatic rings. The normalized spacial score (nSPS) is 10.9. The average molecular weight is 245 g/mol. The molecular formula is C13H19N5. The molecule has 2 rings (SSSR count). The van der Waals surface area contributed by atoms with Crippen molar-refractivity contribution in [2.24, 2.45) is 0 Å². The number of anilines is 1. The van der Waals surface area contributed by atoms with Crippen molar-refractivity contribution in [3.05, 3.63) is 30.1 Å². The van der Waals surface area contributed by atoms with Crippen molar-refractivity contribution in [2.45, 2.75) is 33.6 Å². The third-order valence-corrected chi connectivity index (χ3v) is 2.75. The van der Waals surface area contributed by atoms with E-state index in [-0.39, 0.29) is 0 Å². The summed E-state index contributed by atoms with van der Waals surface area (Å²) in [4.78, 5) is 13.3. The Kier molecular flexibility index (Phi) is 3.60. The first-order chi connectivity index (χ1) is 8.63. The van der Waals surface area contributed by atoms with E-state index in [2.05, 4.69) is 41.0 Å². The zero-order valence-corrected chi connectivity index (χ0v) is 11.3. The van der Waals surface area contributed by atoms with Crippen LogP contribution in [0.15, 0.2) is 18.7 Å². The van der Waals surface area contributed by atoms with Crippen LogP contribution in [0.3, 0.4) is 0 Å². The molecular weight excluding hydrogens is 226 g/mol. The maximum Gasteiger partial charge on any atom is 0.146 e. The summed E-state index contributed by atoms with van der Waals surface area (Å²) >= 11 is 0. The van der Waals surface area contributed by atoms with Crippen LogP contribution in [0.25, 0.3) is 5.82 Å². The van der Waals surface area contributed by atoms with E-state index in [0.717, 1.165) is 29.6 Å². The van der Waals surface area contributed by atoms with E-state index < -0.39 is 0 Å². The van der Waals surface area contributed by atoms with Gasteiger partial charge in [0.1, 0.15) is 23.8 Å². The van der Waals surface area contributed by atoms with Crippen LogP contribution in [0.5, 0.6) is 0 Å². The lowest BCUT2D eigenvalue weighted by Crippen LogP contribution is -2.11. The van der Waals surface area contributed by atoms with Crippen molar-refractivity contribution >= 4 is 5.82 Å². The summed E-state index contributed by atoms with van der Waals surface area (Å²) in [5.74, 6) is 2.94. The van der Waals surface area contributed by atoms with Gasteiger partial charge in [-0.2, -0.15) is 0 Å². The third kappa shape index (κ3) is 2.34. The van der Waals surface area contributed by atoms with Gasteiger partial charge in [-0.05, 0) is 13.8 Å². The molecule has 5 heteroatoms. The number of hydrogen-bond acceptors (Lipinski definition) is 4. The monoisotopic (exact) mass is 245 g/mol. The standard InChI is InChI=1S/C13H19N5/c1-5-15-12-10(4)13(18-7-6-14-8-18)17-11(16-12)9(2)3/h6-9H,5H2,1-4H3,(H,15,16,17). The molecule has 5 nitrogen and oxygen atoms in total. The van der Waals surface area contributed by atoms with Crippen molar-refractivity contribution in [1.82, 2.24) is 19.5 Å². The number of hydrogen-bond donors (Lipinski definition) is 1. The van der Waals surface area contributed by atoms with Gasteiger partial charge >= 0.3 is 0 Å². The predicted molar refractivity (Wildman–Crippen MR) is 72.1 cm³/mol. The molecule has 2 aromatic heterocycles. The number of aromatic nitrogens is 4. The fourth-order valence-electron chi connectivity index (χ4n) is 1.76. The lowest BCUT2D eigenvalue weighted by atomic mass is 10.2. The summed E-state index contributed by atoms with van der Waals surface area (Å²) < 4.78 is 1.92. The van der Waals surface area contributed by atoms with Gasteiger partial charge in [0.2, 0.25) is 0 Å². The Morgan fingerprint density at radius 2 is 2.11 bits per heavy atom. The van der Waals surface area contributed by atoms with E-state index >= 15 is 0 Å². The molecule has 0 fully saturated rings. The summed E-state index contributed by atoms with van der Waals surface area (Å²) in [6.07, 6.45) is 5.41. The van der Waals surface area contributed by atoms with Gasteiger partial charge in [-0.15, -0.1) is 0 Å². The summed E-state index contributed by atoms with van der Waals surface area (Å²) in [6.45, 7) is 9.12. The molecule has 0 radical (unpaired) electrons. The molecule has 0 saturated heterocycles. The molecule has 0 atom stereocenters. The lowest BCUT2D eigenvalue weighted by molar-refractivity contribution is 0.758. The van der Waals surface area contributed by atoms with Crippen LogP contribution in [0.2, 0.25) is 0 Å². The number of rotatable bonds is 4. The van der Waals surface area contributed by atoms with Crippen LogP contribution < -0.4 is 5.32 Å². The molecule has 0 spiro atoms. The van der Waals surface area contributed by atoms with Crippen LogP contribution in [0, 0.1) is 6.92 Å². The molecule has 0 aliphatic carbocycles. The topological polar surface area (TPSA) is 55.6 Å². The van der Waals surface area contributed by atoms with E-state index in [1.807, 2.05) is 17.7 Å². The molecule has 0 aliphatic rings. The van der Waals surface area contributed by atoms with Crippen LogP contribution in [0.4, 0.5) is 5.82 Å². The zero-order valence-electron chi connectivity index (χ0n) is 11.3. The molecule has 2 heterocycles. The third-order valence-electron chi connectivity index (χ3n) is 2.75. The van der Waals surface area contributed by atoms with Gasteiger partial charge < -0.3 is 5.32 Å². The van der Waals surface area contributed by atoms with Crippen molar-refractivity contribution < 1.29 is 0 Å². The van der Waals surface area contributed by atoms with Crippen molar-refractivity contribution in [1.29, 1.82) is 0 Å². The summed E-state index contributed by atoms with van der Waals surface area (Å²) in [5, 5.41) is 3.29. The second-order valence-corrected chi connectivity index (χ2v) is 4.53. The fourth-order valence-corrected chi connectivity index (χ4v) is 1.76. The Labute approximate surface area is 107 Å². The molecule has 0 aliphatic heterocycles. The van der Waals surface area contributed by atoms with E-state index in [1.165, 1.54) is 0 Å². The summed E-state index contributed by atoms with van der Waals surface area (Å²) in [6, 6.07) is 0. The maximum atomic E-state index is 4.63. The predicted octanol–water partition coefficient (Wildman–Crippen LogP) is 2.53. The van der Waals surface area contributed by atoms with Gasteiger partial charge in [-0.3, -0.25) is 4.57 Å². The van der Waals surface area contributed by atoms with Crippen LogP contribution >= 0.6 is 0 Å². The van der Waals surface area contributed by atoms with Crippen molar-refractivity contribution in [3.8, 4) is 5.82 Å². The average Bonchev–Trinajstić information content (AvgIpc) is 2.85. The molecule has 0 bridgehead atoms. The maximum absolute atomic E-state index is 4.63. The Bertz CT molecular complexity index is 516.